The molecule has 0 amide bonds. The van der Waals surface area contributed by atoms with Gasteiger partial charge < -0.3 is 5.32 Å². The maximum atomic E-state index is 3.45. The lowest BCUT2D eigenvalue weighted by molar-refractivity contribution is 0.761. The third-order valence-corrected chi connectivity index (χ3v) is 4.66. The molecule has 1 N–H and O–H groups in total. The summed E-state index contributed by atoms with van der Waals surface area (Å²) in [5, 5.41) is 6.12. The number of rotatable bonds is 1. The van der Waals surface area contributed by atoms with E-state index in [0.29, 0.717) is 5.37 Å². The SMILES string of the molecule is Brc1csc(C2NCCS2)c1. The minimum absolute atomic E-state index is 0.548. The summed E-state index contributed by atoms with van der Waals surface area (Å²) >= 11 is 7.26. The van der Waals surface area contributed by atoms with E-state index < -0.39 is 0 Å². The van der Waals surface area contributed by atoms with Crippen LogP contribution in [0.25, 0.3) is 0 Å². The second kappa shape index (κ2) is 3.47. The van der Waals surface area contributed by atoms with Gasteiger partial charge in [0.2, 0.25) is 0 Å². The molecule has 1 fully saturated rings. The Morgan fingerprint density at radius 3 is 3.09 bits per heavy atom. The minimum Gasteiger partial charge on any atom is -0.300 e. The quantitative estimate of drug-likeness (QED) is 0.822. The van der Waals surface area contributed by atoms with Crippen molar-refractivity contribution in [2.24, 2.45) is 0 Å². The molecule has 1 aliphatic rings. The standard InChI is InChI=1S/C7H8BrNS2/c8-5-3-6(11-4-5)7-9-1-2-10-7/h3-4,7,9H,1-2H2. The fourth-order valence-corrected chi connectivity index (χ4v) is 3.78. The molecule has 0 bridgehead atoms. The molecule has 0 spiro atoms. The maximum absolute atomic E-state index is 3.45. The van der Waals surface area contributed by atoms with Crippen molar-refractivity contribution in [1.29, 1.82) is 0 Å². The molecule has 0 radical (unpaired) electrons. The molecule has 1 nitrogen and oxygen atoms in total. The van der Waals surface area contributed by atoms with Crippen molar-refractivity contribution >= 4 is 39.0 Å². The monoisotopic (exact) mass is 249 g/mol. The van der Waals surface area contributed by atoms with Crippen LogP contribution in [0.3, 0.4) is 0 Å². The van der Waals surface area contributed by atoms with E-state index in [1.807, 2.05) is 23.1 Å². The highest BCUT2D eigenvalue weighted by atomic mass is 79.9. The van der Waals surface area contributed by atoms with E-state index in [1.54, 1.807) is 0 Å². The number of nitrogens with one attached hydrogen (secondary N) is 1. The summed E-state index contributed by atoms with van der Waals surface area (Å²) in [6.07, 6.45) is 0. The highest BCUT2D eigenvalue weighted by molar-refractivity contribution is 9.10. The molecule has 0 aromatic carbocycles. The van der Waals surface area contributed by atoms with Crippen LogP contribution in [0.2, 0.25) is 0 Å². The van der Waals surface area contributed by atoms with Crippen LogP contribution >= 0.6 is 39.0 Å². The van der Waals surface area contributed by atoms with Gasteiger partial charge in [-0.3, -0.25) is 0 Å². The lowest BCUT2D eigenvalue weighted by atomic mass is 10.4. The summed E-state index contributed by atoms with van der Waals surface area (Å²) in [6.45, 7) is 1.14. The van der Waals surface area contributed by atoms with Gasteiger partial charge in [0.1, 0.15) is 0 Å². The topological polar surface area (TPSA) is 12.0 Å². The minimum atomic E-state index is 0.548. The largest absolute Gasteiger partial charge is 0.300 e. The first-order valence-corrected chi connectivity index (χ1v) is 6.17. The van der Waals surface area contributed by atoms with Crippen molar-refractivity contribution in [2.45, 2.75) is 5.37 Å². The van der Waals surface area contributed by atoms with Crippen molar-refractivity contribution in [2.75, 3.05) is 12.3 Å². The Morgan fingerprint density at radius 1 is 1.64 bits per heavy atom. The fourth-order valence-electron chi connectivity index (χ4n) is 1.07. The van der Waals surface area contributed by atoms with Gasteiger partial charge in [0.15, 0.2) is 0 Å². The number of hydrogen-bond donors (Lipinski definition) is 1. The van der Waals surface area contributed by atoms with Crippen molar-refractivity contribution in [1.82, 2.24) is 5.32 Å². The molecule has 11 heavy (non-hydrogen) atoms. The van der Waals surface area contributed by atoms with Crippen LogP contribution in [0.5, 0.6) is 0 Å². The van der Waals surface area contributed by atoms with Gasteiger partial charge >= 0.3 is 0 Å². The molecule has 1 aromatic rings. The number of halogens is 1. The predicted octanol–water partition coefficient (Wildman–Crippen LogP) is 2.85. The van der Waals surface area contributed by atoms with Crippen LogP contribution in [0.1, 0.15) is 10.3 Å². The molecule has 1 unspecified atom stereocenters. The zero-order valence-corrected chi connectivity index (χ0v) is 9.06. The normalized spacial score (nSPS) is 24.3. The molecule has 1 atom stereocenters. The first-order valence-electron chi connectivity index (χ1n) is 3.45. The fraction of sp³-hybridized carbons (Fsp3) is 0.429. The molecule has 1 aromatic heterocycles. The van der Waals surface area contributed by atoms with Crippen molar-refractivity contribution < 1.29 is 0 Å². The van der Waals surface area contributed by atoms with Crippen LogP contribution < -0.4 is 5.32 Å². The van der Waals surface area contributed by atoms with E-state index >= 15 is 0 Å². The molecular weight excluding hydrogens is 242 g/mol. The molecule has 1 aliphatic heterocycles. The van der Waals surface area contributed by atoms with Gasteiger partial charge in [-0.05, 0) is 22.0 Å². The lowest BCUT2D eigenvalue weighted by Gasteiger charge is -2.04. The molecule has 2 rings (SSSR count). The maximum Gasteiger partial charge on any atom is 0.0883 e. The van der Waals surface area contributed by atoms with Gasteiger partial charge in [-0.25, -0.2) is 0 Å². The first-order chi connectivity index (χ1) is 5.36. The van der Waals surface area contributed by atoms with E-state index in [2.05, 4.69) is 32.7 Å². The lowest BCUT2D eigenvalue weighted by Crippen LogP contribution is -2.10. The van der Waals surface area contributed by atoms with Gasteiger partial charge in [0.25, 0.3) is 0 Å². The molecule has 1 saturated heterocycles. The Morgan fingerprint density at radius 2 is 2.55 bits per heavy atom. The van der Waals surface area contributed by atoms with Gasteiger partial charge in [-0.1, -0.05) is 0 Å². The van der Waals surface area contributed by atoms with Crippen LogP contribution in [-0.2, 0) is 0 Å². The van der Waals surface area contributed by atoms with Crippen molar-refractivity contribution in [3.05, 3.63) is 20.8 Å². The Bertz CT molecular complexity index is 242. The summed E-state index contributed by atoms with van der Waals surface area (Å²) < 4.78 is 1.20. The molecule has 2 heterocycles. The van der Waals surface area contributed by atoms with Crippen LogP contribution in [0.15, 0.2) is 15.9 Å². The molecule has 4 heteroatoms. The van der Waals surface area contributed by atoms with Crippen LogP contribution in [0, 0.1) is 0 Å². The second-order valence-corrected chi connectivity index (χ2v) is 5.44. The Labute approximate surface area is 82.7 Å². The zero-order chi connectivity index (χ0) is 7.68. The van der Waals surface area contributed by atoms with E-state index in [-0.39, 0.29) is 0 Å². The number of thiophene rings is 1. The van der Waals surface area contributed by atoms with Gasteiger partial charge in [0.05, 0.1) is 5.37 Å². The second-order valence-electron chi connectivity index (χ2n) is 2.37. The summed E-state index contributed by atoms with van der Waals surface area (Å²) in [7, 11) is 0. The van der Waals surface area contributed by atoms with E-state index in [4.69, 9.17) is 0 Å². The van der Waals surface area contributed by atoms with Crippen molar-refractivity contribution in [3.63, 3.8) is 0 Å². The molecular formula is C7H8BrNS2. The number of thioether (sulfide) groups is 1. The van der Waals surface area contributed by atoms with E-state index in [0.717, 1.165) is 6.54 Å². The van der Waals surface area contributed by atoms with E-state index in [9.17, 15) is 0 Å². The molecule has 60 valence electrons. The van der Waals surface area contributed by atoms with Crippen LogP contribution in [-0.4, -0.2) is 12.3 Å². The number of hydrogen-bond acceptors (Lipinski definition) is 3. The third-order valence-electron chi connectivity index (χ3n) is 1.56. The predicted molar refractivity (Wildman–Crippen MR) is 55.2 cm³/mol. The molecule has 0 saturated carbocycles. The summed E-state index contributed by atoms with van der Waals surface area (Å²) in [5.41, 5.74) is 0. The molecule has 0 aliphatic carbocycles. The average molecular weight is 250 g/mol. The van der Waals surface area contributed by atoms with E-state index in [1.165, 1.54) is 15.1 Å². The third kappa shape index (κ3) is 1.80. The van der Waals surface area contributed by atoms with Gasteiger partial charge in [-0.15, -0.1) is 23.1 Å². The zero-order valence-electron chi connectivity index (χ0n) is 5.84. The smallest absolute Gasteiger partial charge is 0.0883 e. The summed E-state index contributed by atoms with van der Waals surface area (Å²) in [6, 6.07) is 2.20. The highest BCUT2D eigenvalue weighted by Gasteiger charge is 2.17. The van der Waals surface area contributed by atoms with Gasteiger partial charge in [0, 0.05) is 27.0 Å². The highest BCUT2D eigenvalue weighted by Crippen LogP contribution is 2.34. The first kappa shape index (κ1) is 8.10. The summed E-state index contributed by atoms with van der Waals surface area (Å²) in [4.78, 5) is 1.43. The van der Waals surface area contributed by atoms with Gasteiger partial charge in [-0.2, -0.15) is 0 Å². The Balaban J connectivity index is 2.15. The Kier molecular flexibility index (Phi) is 2.56. The average Bonchev–Trinajstić information content (AvgIpc) is 2.55. The summed E-state index contributed by atoms with van der Waals surface area (Å²) in [5.74, 6) is 1.24. The van der Waals surface area contributed by atoms with Crippen molar-refractivity contribution in [3.8, 4) is 0 Å². The van der Waals surface area contributed by atoms with Crippen LogP contribution in [0.4, 0.5) is 0 Å². The Hall–Kier alpha value is 0.490.